The molecule has 0 atom stereocenters. The van der Waals surface area contributed by atoms with E-state index in [4.69, 9.17) is 69.1 Å². The Morgan fingerprint density at radius 1 is 0.264 bits per heavy atom. The molecule has 0 N–H and O–H groups in total. The quantitative estimate of drug-likeness (QED) is 0.0441. The van der Waals surface area contributed by atoms with E-state index in [0.29, 0.717) is 0 Å². The lowest BCUT2D eigenvalue weighted by Crippen LogP contribution is -2.15. The third kappa shape index (κ3) is 11.3. The minimum absolute atomic E-state index is 0.201. The van der Waals surface area contributed by atoms with Crippen LogP contribution in [0, 0.1) is 0 Å². The van der Waals surface area contributed by atoms with Gasteiger partial charge in [0.2, 0.25) is 0 Å². The van der Waals surface area contributed by atoms with E-state index >= 15 is 0 Å². The number of rotatable bonds is 18. The van der Waals surface area contributed by atoms with Gasteiger partial charge in [-0.3, -0.25) is 0 Å². The number of esters is 6. The first-order valence-electron chi connectivity index (χ1n) is 20.9. The standard InChI is InChI=1S/C48H42N3O18P3/c1-58-43(52)31-19-7-13-25-37(31)64-70(65-38-26-14-8-20-32(38)44(53)59-2)49-71(66-39-27-15-9-21-33(39)45(54)60-3,67-40-28-16-10-22-34(40)46(55)61-4)51-72(50-70,68-41-29-17-11-23-35(41)47(56)62-5)69-42-30-18-12-24-36(42)48(57)63-6/h7-30H,1-6H3. The molecule has 0 saturated heterocycles. The average Bonchev–Trinajstić information content (AvgIpc) is 3.40. The normalized spacial score (nSPS) is 13.6. The average molecular weight is 1040 g/mol. The van der Waals surface area contributed by atoms with Crippen molar-refractivity contribution in [3.05, 3.63) is 179 Å². The van der Waals surface area contributed by atoms with Crippen molar-refractivity contribution in [3.63, 3.8) is 0 Å². The summed E-state index contributed by atoms with van der Waals surface area (Å²) in [6.45, 7) is 0. The summed E-state index contributed by atoms with van der Waals surface area (Å²) in [6, 6.07) is 34.3. The van der Waals surface area contributed by atoms with Gasteiger partial charge in [0.05, 0.1) is 42.7 Å². The maximum atomic E-state index is 13.5. The fraction of sp³-hybridized carbons (Fsp3) is 0.125. The molecule has 0 amide bonds. The number of carbonyl (C=O) groups is 6. The summed E-state index contributed by atoms with van der Waals surface area (Å²) >= 11 is 0. The number of benzene rings is 6. The van der Waals surface area contributed by atoms with Crippen molar-refractivity contribution < 1.29 is 84.3 Å². The summed E-state index contributed by atoms with van der Waals surface area (Å²) in [6.07, 6.45) is 0. The summed E-state index contributed by atoms with van der Waals surface area (Å²) in [5.74, 6) is -7.20. The SMILES string of the molecule is COC(=O)c1ccccc1OP1(Oc2ccccc2C(=O)OC)=NP(Oc2ccccc2C(=O)OC)(Oc2ccccc2C(=O)OC)=NP(Oc2ccccc2C(=O)OC)(Oc2ccccc2C(=O)OC)=N1. The summed E-state index contributed by atoms with van der Waals surface area (Å²) in [4.78, 5) is 81.2. The molecule has 0 fully saturated rings. The third-order valence-electron chi connectivity index (χ3n) is 9.74. The molecule has 0 saturated carbocycles. The number of nitrogens with zero attached hydrogens (tertiary/aromatic N) is 3. The van der Waals surface area contributed by atoms with Crippen LogP contribution >= 0.6 is 23.0 Å². The number of hydrogen-bond donors (Lipinski definition) is 0. The Morgan fingerprint density at radius 3 is 0.542 bits per heavy atom. The van der Waals surface area contributed by atoms with Gasteiger partial charge in [-0.1, -0.05) is 86.3 Å². The zero-order chi connectivity index (χ0) is 51.5. The topological polar surface area (TPSA) is 250 Å². The molecule has 1 aliphatic rings. The minimum Gasteiger partial charge on any atom is -0.465 e. The number of hydrogen-bond acceptors (Lipinski definition) is 21. The van der Waals surface area contributed by atoms with Crippen LogP contribution in [0.3, 0.4) is 0 Å². The van der Waals surface area contributed by atoms with Gasteiger partial charge in [0, 0.05) is 0 Å². The lowest BCUT2D eigenvalue weighted by atomic mass is 10.2. The van der Waals surface area contributed by atoms with E-state index in [0.717, 1.165) is 42.7 Å². The highest BCUT2D eigenvalue weighted by atomic mass is 31.3. The van der Waals surface area contributed by atoms with Crippen molar-refractivity contribution in [2.24, 2.45) is 13.5 Å². The van der Waals surface area contributed by atoms with E-state index in [-0.39, 0.29) is 67.9 Å². The second kappa shape index (κ2) is 22.6. The predicted octanol–water partition coefficient (Wildman–Crippen LogP) is 11.0. The van der Waals surface area contributed by atoms with Crippen molar-refractivity contribution >= 4 is 58.8 Å². The first-order chi connectivity index (χ1) is 34.7. The monoisotopic (exact) mass is 1040 g/mol. The van der Waals surface area contributed by atoms with Crippen molar-refractivity contribution in [1.82, 2.24) is 0 Å². The zero-order valence-corrected chi connectivity index (χ0v) is 41.6. The first-order valence-corrected chi connectivity index (χ1v) is 25.5. The smallest absolute Gasteiger partial charge is 0.460 e. The van der Waals surface area contributed by atoms with Crippen LogP contribution in [-0.2, 0) is 28.4 Å². The lowest BCUT2D eigenvalue weighted by Gasteiger charge is -2.34. The molecule has 1 heterocycles. The van der Waals surface area contributed by atoms with Crippen molar-refractivity contribution in [2.45, 2.75) is 0 Å². The molecule has 0 spiro atoms. The van der Waals surface area contributed by atoms with Gasteiger partial charge in [0.15, 0.2) is 0 Å². The Labute approximate surface area is 411 Å². The van der Waals surface area contributed by atoms with Gasteiger partial charge < -0.3 is 55.6 Å². The highest BCUT2D eigenvalue weighted by Crippen LogP contribution is 2.79. The number of ether oxygens (including phenoxy) is 6. The molecule has 0 aliphatic carbocycles. The maximum absolute atomic E-state index is 13.5. The molecule has 1 aliphatic heterocycles. The molecule has 0 bridgehead atoms. The van der Waals surface area contributed by atoms with E-state index in [2.05, 4.69) is 0 Å². The Hall–Kier alpha value is -8.37. The molecule has 6 aromatic rings. The van der Waals surface area contributed by atoms with Gasteiger partial charge in [-0.2, -0.15) is 0 Å². The number of para-hydroxylation sites is 6. The van der Waals surface area contributed by atoms with Gasteiger partial charge in [0.1, 0.15) is 67.9 Å². The van der Waals surface area contributed by atoms with Gasteiger partial charge in [-0.15, -0.1) is 0 Å². The van der Waals surface area contributed by atoms with Gasteiger partial charge in [-0.05, 0) is 72.8 Å². The largest absolute Gasteiger partial charge is 0.465 e. The van der Waals surface area contributed by atoms with Crippen LogP contribution in [0.2, 0.25) is 0 Å². The summed E-state index contributed by atoms with van der Waals surface area (Å²) in [5.41, 5.74) is -1.21. The number of methoxy groups -OCH3 is 6. The Morgan fingerprint density at radius 2 is 0.403 bits per heavy atom. The van der Waals surface area contributed by atoms with Crippen LogP contribution < -0.4 is 27.1 Å². The molecule has 6 aromatic carbocycles. The summed E-state index contributed by atoms with van der Waals surface area (Å²) in [7, 11) is -8.47. The molecule has 0 aromatic heterocycles. The van der Waals surface area contributed by atoms with E-state index in [1.54, 1.807) is 0 Å². The minimum atomic E-state index is -5.09. The van der Waals surface area contributed by atoms with Crippen LogP contribution in [0.25, 0.3) is 0 Å². The van der Waals surface area contributed by atoms with E-state index < -0.39 is 58.8 Å². The first kappa shape index (κ1) is 51.5. The van der Waals surface area contributed by atoms with Crippen LogP contribution in [0.5, 0.6) is 34.5 Å². The van der Waals surface area contributed by atoms with Crippen LogP contribution in [0.1, 0.15) is 62.1 Å². The van der Waals surface area contributed by atoms with Gasteiger partial charge >= 0.3 is 58.8 Å². The van der Waals surface area contributed by atoms with Gasteiger partial charge in [-0.25, -0.2) is 28.8 Å². The Kier molecular flexibility index (Phi) is 16.1. The van der Waals surface area contributed by atoms with Crippen molar-refractivity contribution in [1.29, 1.82) is 0 Å². The molecule has 7 rings (SSSR count). The second-order valence-electron chi connectivity index (χ2n) is 14.2. The molecule has 372 valence electrons. The molecular formula is C48H42N3O18P3. The molecule has 21 nitrogen and oxygen atoms in total. The second-order valence-corrected chi connectivity index (χ2v) is 20.4. The Balaban J connectivity index is 1.75. The van der Waals surface area contributed by atoms with Crippen molar-refractivity contribution in [2.75, 3.05) is 42.7 Å². The molecular weight excluding hydrogens is 999 g/mol. The van der Waals surface area contributed by atoms with E-state index in [1.807, 2.05) is 0 Å². The highest BCUT2D eigenvalue weighted by Gasteiger charge is 2.51. The van der Waals surface area contributed by atoms with Crippen LogP contribution in [0.15, 0.2) is 159 Å². The molecule has 24 heteroatoms. The lowest BCUT2D eigenvalue weighted by molar-refractivity contribution is 0.0588. The third-order valence-corrected chi connectivity index (χ3v) is 17.8. The van der Waals surface area contributed by atoms with E-state index in [9.17, 15) is 28.8 Å². The molecule has 0 radical (unpaired) electrons. The van der Waals surface area contributed by atoms with Crippen LogP contribution in [-0.4, -0.2) is 78.5 Å². The Bertz CT molecular complexity index is 2720. The maximum Gasteiger partial charge on any atom is 0.460 e. The van der Waals surface area contributed by atoms with E-state index in [1.165, 1.54) is 146 Å². The summed E-state index contributed by atoms with van der Waals surface area (Å²) in [5, 5.41) is 0. The fourth-order valence-corrected chi connectivity index (χ4v) is 15.7. The van der Waals surface area contributed by atoms with Crippen molar-refractivity contribution in [3.8, 4) is 34.5 Å². The zero-order valence-electron chi connectivity index (χ0n) is 38.9. The summed E-state index contributed by atoms with van der Waals surface area (Å²) < 4.78 is 86.8. The number of carbonyl (C=O) groups excluding carboxylic acids is 6. The highest BCUT2D eigenvalue weighted by molar-refractivity contribution is 7.79. The van der Waals surface area contributed by atoms with Gasteiger partial charge in [0.25, 0.3) is 0 Å². The fourth-order valence-electron chi connectivity index (χ4n) is 6.47. The predicted molar refractivity (Wildman–Crippen MR) is 259 cm³/mol. The van der Waals surface area contributed by atoms with Crippen LogP contribution in [0.4, 0.5) is 0 Å². The molecule has 0 unspecified atom stereocenters. The molecule has 72 heavy (non-hydrogen) atoms.